The van der Waals surface area contributed by atoms with Crippen LogP contribution in [0.5, 0.6) is 0 Å². The fourth-order valence-corrected chi connectivity index (χ4v) is 3.13. The second-order valence-corrected chi connectivity index (χ2v) is 6.74. The Morgan fingerprint density at radius 1 is 0.741 bits per heavy atom. The number of piperazine rings is 1. The predicted octanol–water partition coefficient (Wildman–Crippen LogP) is 3.72. The maximum atomic E-state index is 4.32. The minimum atomic E-state index is 0.757. The normalized spacial score (nSPS) is 14.8. The standard InChI is InChI=1S/C21H24N6/c1-26-11-13-27(14-12-26)19-9-7-18(8-10-19)25-21-15-20(22-16-23-21)24-17-5-3-2-4-6-17/h2-10,15-16H,11-14H2,1H3,(H2,22,23,24,25). The molecule has 0 bridgehead atoms. The third-order valence-corrected chi connectivity index (χ3v) is 4.72. The lowest BCUT2D eigenvalue weighted by molar-refractivity contribution is 0.313. The first-order valence-corrected chi connectivity index (χ1v) is 9.21. The van der Waals surface area contributed by atoms with Gasteiger partial charge in [0.15, 0.2) is 0 Å². The van der Waals surface area contributed by atoms with Crippen LogP contribution in [-0.2, 0) is 0 Å². The number of hydrogen-bond acceptors (Lipinski definition) is 6. The van der Waals surface area contributed by atoms with E-state index in [1.54, 1.807) is 6.33 Å². The summed E-state index contributed by atoms with van der Waals surface area (Å²) in [5.74, 6) is 1.52. The highest BCUT2D eigenvalue weighted by molar-refractivity contribution is 5.64. The summed E-state index contributed by atoms with van der Waals surface area (Å²) in [5, 5.41) is 6.63. The zero-order chi connectivity index (χ0) is 18.5. The van der Waals surface area contributed by atoms with Crippen LogP contribution in [0, 0.1) is 0 Å². The molecule has 6 nitrogen and oxygen atoms in total. The molecule has 0 unspecified atom stereocenters. The lowest BCUT2D eigenvalue weighted by Gasteiger charge is -2.34. The van der Waals surface area contributed by atoms with Crippen molar-refractivity contribution in [2.75, 3.05) is 48.8 Å². The number of hydrogen-bond donors (Lipinski definition) is 2. The molecule has 1 aliphatic rings. The second-order valence-electron chi connectivity index (χ2n) is 6.74. The van der Waals surface area contributed by atoms with Crippen LogP contribution in [0.25, 0.3) is 0 Å². The maximum Gasteiger partial charge on any atom is 0.135 e. The molecule has 0 saturated carbocycles. The average molecular weight is 360 g/mol. The summed E-state index contributed by atoms with van der Waals surface area (Å²) >= 11 is 0. The largest absolute Gasteiger partial charge is 0.369 e. The van der Waals surface area contributed by atoms with Gasteiger partial charge in [-0.25, -0.2) is 9.97 Å². The van der Waals surface area contributed by atoms with E-state index in [-0.39, 0.29) is 0 Å². The number of benzene rings is 2. The van der Waals surface area contributed by atoms with Gasteiger partial charge in [0.2, 0.25) is 0 Å². The van der Waals surface area contributed by atoms with E-state index in [2.05, 4.69) is 61.7 Å². The zero-order valence-corrected chi connectivity index (χ0v) is 15.5. The molecule has 0 radical (unpaired) electrons. The average Bonchev–Trinajstić information content (AvgIpc) is 2.70. The highest BCUT2D eigenvalue weighted by atomic mass is 15.2. The van der Waals surface area contributed by atoms with Crippen LogP contribution in [0.3, 0.4) is 0 Å². The quantitative estimate of drug-likeness (QED) is 0.723. The summed E-state index contributed by atoms with van der Waals surface area (Å²) < 4.78 is 0. The van der Waals surface area contributed by atoms with Gasteiger partial charge >= 0.3 is 0 Å². The van der Waals surface area contributed by atoms with E-state index in [9.17, 15) is 0 Å². The minimum absolute atomic E-state index is 0.757. The van der Waals surface area contributed by atoms with E-state index in [0.717, 1.165) is 49.2 Å². The Balaban J connectivity index is 1.41. The molecule has 1 aromatic heterocycles. The van der Waals surface area contributed by atoms with Crippen molar-refractivity contribution < 1.29 is 0 Å². The molecule has 2 N–H and O–H groups in total. The van der Waals surface area contributed by atoms with Crippen molar-refractivity contribution in [1.82, 2.24) is 14.9 Å². The Labute approximate surface area is 159 Å². The van der Waals surface area contributed by atoms with Crippen LogP contribution < -0.4 is 15.5 Å². The van der Waals surface area contributed by atoms with Gasteiger partial charge in [-0.2, -0.15) is 0 Å². The fraction of sp³-hybridized carbons (Fsp3) is 0.238. The summed E-state index contributed by atoms with van der Waals surface area (Å²) in [6.45, 7) is 4.36. The smallest absolute Gasteiger partial charge is 0.135 e. The number of nitrogens with one attached hydrogen (secondary N) is 2. The van der Waals surface area contributed by atoms with Gasteiger partial charge in [-0.3, -0.25) is 0 Å². The van der Waals surface area contributed by atoms with Crippen molar-refractivity contribution >= 4 is 28.7 Å². The van der Waals surface area contributed by atoms with Crippen LogP contribution in [0.4, 0.5) is 28.7 Å². The molecule has 0 amide bonds. The van der Waals surface area contributed by atoms with Crippen LogP contribution in [-0.4, -0.2) is 48.1 Å². The van der Waals surface area contributed by atoms with Gasteiger partial charge in [0.1, 0.15) is 18.0 Å². The SMILES string of the molecule is CN1CCN(c2ccc(Nc3cc(Nc4ccccc4)ncn3)cc2)CC1. The third-order valence-electron chi connectivity index (χ3n) is 4.72. The lowest BCUT2D eigenvalue weighted by Crippen LogP contribution is -2.44. The molecule has 27 heavy (non-hydrogen) atoms. The number of nitrogens with zero attached hydrogens (tertiary/aromatic N) is 4. The van der Waals surface area contributed by atoms with E-state index < -0.39 is 0 Å². The molecule has 2 aromatic carbocycles. The van der Waals surface area contributed by atoms with Crippen LogP contribution in [0.1, 0.15) is 0 Å². The molecule has 1 aliphatic heterocycles. The Morgan fingerprint density at radius 3 is 1.96 bits per heavy atom. The van der Waals surface area contributed by atoms with Crippen LogP contribution in [0.2, 0.25) is 0 Å². The second kappa shape index (κ2) is 8.05. The van der Waals surface area contributed by atoms with Crippen LogP contribution >= 0.6 is 0 Å². The monoisotopic (exact) mass is 360 g/mol. The van der Waals surface area contributed by atoms with E-state index in [1.165, 1.54) is 5.69 Å². The highest BCUT2D eigenvalue weighted by Gasteiger charge is 2.13. The van der Waals surface area contributed by atoms with E-state index in [0.29, 0.717) is 0 Å². The summed E-state index contributed by atoms with van der Waals surface area (Å²) in [4.78, 5) is 13.4. The van der Waals surface area contributed by atoms with Gasteiger partial charge in [0.05, 0.1) is 0 Å². The third kappa shape index (κ3) is 4.54. The molecule has 4 rings (SSSR count). The van der Waals surface area contributed by atoms with Crippen molar-refractivity contribution in [3.8, 4) is 0 Å². The first-order valence-electron chi connectivity index (χ1n) is 9.21. The number of rotatable bonds is 5. The highest BCUT2D eigenvalue weighted by Crippen LogP contribution is 2.22. The number of aromatic nitrogens is 2. The number of likely N-dealkylation sites (N-methyl/N-ethyl adjacent to an activating group) is 1. The molecule has 1 fully saturated rings. The maximum absolute atomic E-state index is 4.32. The molecule has 1 saturated heterocycles. The van der Waals surface area contributed by atoms with Gasteiger partial charge in [-0.15, -0.1) is 0 Å². The Bertz CT molecular complexity index is 857. The van der Waals surface area contributed by atoms with Gasteiger partial charge in [-0.05, 0) is 43.4 Å². The Morgan fingerprint density at radius 2 is 1.33 bits per heavy atom. The predicted molar refractivity (Wildman–Crippen MR) is 111 cm³/mol. The zero-order valence-electron chi connectivity index (χ0n) is 15.5. The molecule has 6 heteroatoms. The number of anilines is 5. The van der Waals surface area contributed by atoms with Crippen molar-refractivity contribution in [1.29, 1.82) is 0 Å². The minimum Gasteiger partial charge on any atom is -0.369 e. The summed E-state index contributed by atoms with van der Waals surface area (Å²) in [5.41, 5.74) is 3.28. The molecule has 3 aromatic rings. The lowest BCUT2D eigenvalue weighted by atomic mass is 10.2. The van der Waals surface area contributed by atoms with Crippen molar-refractivity contribution in [3.63, 3.8) is 0 Å². The summed E-state index contributed by atoms with van der Waals surface area (Å²) in [6, 6.07) is 20.4. The Hall–Kier alpha value is -3.12. The van der Waals surface area contributed by atoms with Gasteiger partial charge in [-0.1, -0.05) is 18.2 Å². The molecular formula is C21H24N6. The van der Waals surface area contributed by atoms with Crippen molar-refractivity contribution in [2.45, 2.75) is 0 Å². The first-order chi connectivity index (χ1) is 13.3. The van der Waals surface area contributed by atoms with Gasteiger partial charge < -0.3 is 20.4 Å². The van der Waals surface area contributed by atoms with E-state index >= 15 is 0 Å². The first kappa shape index (κ1) is 17.3. The van der Waals surface area contributed by atoms with E-state index in [4.69, 9.17) is 0 Å². The molecule has 2 heterocycles. The summed E-state index contributed by atoms with van der Waals surface area (Å²) in [7, 11) is 2.17. The Kier molecular flexibility index (Phi) is 5.16. The van der Waals surface area contributed by atoms with Gasteiger partial charge in [0, 0.05) is 49.3 Å². The molecule has 0 spiro atoms. The van der Waals surface area contributed by atoms with Crippen molar-refractivity contribution in [2.24, 2.45) is 0 Å². The van der Waals surface area contributed by atoms with Crippen LogP contribution in [0.15, 0.2) is 67.0 Å². The van der Waals surface area contributed by atoms with Gasteiger partial charge in [0.25, 0.3) is 0 Å². The van der Waals surface area contributed by atoms with E-state index in [1.807, 2.05) is 36.4 Å². The molecule has 138 valence electrons. The molecule has 0 atom stereocenters. The molecule has 0 aliphatic carbocycles. The van der Waals surface area contributed by atoms with Crippen molar-refractivity contribution in [3.05, 3.63) is 67.0 Å². The number of para-hydroxylation sites is 1. The summed E-state index contributed by atoms with van der Waals surface area (Å²) in [6.07, 6.45) is 1.56. The molecular weight excluding hydrogens is 336 g/mol. The topological polar surface area (TPSA) is 56.3 Å². The fourth-order valence-electron chi connectivity index (χ4n) is 3.13.